The summed E-state index contributed by atoms with van der Waals surface area (Å²) in [5.74, 6) is 2.47. The predicted molar refractivity (Wildman–Crippen MR) is 185 cm³/mol. The van der Waals surface area contributed by atoms with Crippen LogP contribution in [-0.2, 0) is 20.9 Å². The first-order valence-electron chi connectivity index (χ1n) is 17.0. The Morgan fingerprint density at radius 1 is 0.938 bits per heavy atom. The number of benzene rings is 1. The minimum Gasteiger partial charge on any atom is -0.381 e. The second kappa shape index (κ2) is 13.9. The number of carbonyl (C=O) groups excluding carboxylic acids is 2. The van der Waals surface area contributed by atoms with Crippen LogP contribution in [0.25, 0.3) is 10.9 Å². The number of rotatable bonds is 9. The number of nitrogens with one attached hydrogen (secondary N) is 2. The molecule has 3 aliphatic heterocycles. The number of aromatic nitrogens is 5. The number of hydrogen-bond donors (Lipinski definition) is 2. The summed E-state index contributed by atoms with van der Waals surface area (Å²) in [6, 6.07) is 12.4. The molecule has 4 aromatic rings. The fourth-order valence-corrected chi connectivity index (χ4v) is 6.95. The van der Waals surface area contributed by atoms with Crippen LogP contribution in [0, 0.1) is 0 Å². The average molecular weight is 653 g/mol. The maximum atomic E-state index is 12.3. The second-order valence-corrected chi connectivity index (χ2v) is 13.2. The molecule has 2 N–H and O–H groups in total. The molecule has 0 spiro atoms. The summed E-state index contributed by atoms with van der Waals surface area (Å²) in [6.07, 6.45) is 6.91. The van der Waals surface area contributed by atoms with Gasteiger partial charge in [-0.05, 0) is 50.3 Å². The van der Waals surface area contributed by atoms with Crippen LogP contribution < -0.4 is 20.4 Å². The van der Waals surface area contributed by atoms with Gasteiger partial charge in [0, 0.05) is 83.8 Å². The number of piperidine rings is 2. The summed E-state index contributed by atoms with van der Waals surface area (Å²) in [5, 5.41) is 12.0. The number of nitrogens with zero attached hydrogens (tertiary/aromatic N) is 8. The van der Waals surface area contributed by atoms with Crippen LogP contribution in [0.3, 0.4) is 0 Å². The summed E-state index contributed by atoms with van der Waals surface area (Å²) in [4.78, 5) is 44.9. The molecular weight excluding hydrogens is 608 g/mol. The lowest BCUT2D eigenvalue weighted by atomic mass is 9.90. The maximum Gasteiger partial charge on any atom is 0.234 e. The Hall–Kier alpha value is -4.62. The van der Waals surface area contributed by atoms with E-state index in [-0.39, 0.29) is 23.8 Å². The molecule has 1 aromatic carbocycles. The van der Waals surface area contributed by atoms with Gasteiger partial charge < -0.3 is 19.9 Å². The van der Waals surface area contributed by atoms with Gasteiger partial charge in [0.05, 0.1) is 22.9 Å². The molecule has 7 rings (SSSR count). The summed E-state index contributed by atoms with van der Waals surface area (Å²) >= 11 is 0. The third-order valence-corrected chi connectivity index (χ3v) is 9.72. The third-order valence-electron chi connectivity index (χ3n) is 9.72. The Morgan fingerprint density at radius 2 is 1.71 bits per heavy atom. The van der Waals surface area contributed by atoms with E-state index in [9.17, 15) is 9.59 Å². The van der Waals surface area contributed by atoms with Gasteiger partial charge >= 0.3 is 0 Å². The Kier molecular flexibility index (Phi) is 9.22. The Morgan fingerprint density at radius 3 is 2.42 bits per heavy atom. The second-order valence-electron chi connectivity index (χ2n) is 13.2. The number of imide groups is 1. The molecule has 13 nitrogen and oxygen atoms in total. The number of carbonyl (C=O) groups is 2. The number of methoxy groups -OCH3 is 1. The normalized spacial score (nSPS) is 19.7. The molecule has 3 aromatic heterocycles. The molecular formula is C35H44N10O3. The Bertz CT molecular complexity index is 1760. The Labute approximate surface area is 280 Å². The molecule has 0 saturated carbocycles. The molecule has 6 heterocycles. The van der Waals surface area contributed by atoms with Crippen molar-refractivity contribution in [3.8, 4) is 0 Å². The van der Waals surface area contributed by atoms with Crippen LogP contribution in [0.5, 0.6) is 0 Å². The monoisotopic (exact) mass is 652 g/mol. The zero-order valence-electron chi connectivity index (χ0n) is 27.9. The molecule has 13 heteroatoms. The van der Waals surface area contributed by atoms with E-state index in [1.807, 2.05) is 24.4 Å². The van der Waals surface area contributed by atoms with Gasteiger partial charge in [-0.2, -0.15) is 10.1 Å². The van der Waals surface area contributed by atoms with Gasteiger partial charge in [0.1, 0.15) is 11.6 Å². The lowest BCUT2D eigenvalue weighted by Crippen LogP contribution is -2.46. The summed E-state index contributed by atoms with van der Waals surface area (Å²) in [6.45, 7) is 10.4. The topological polar surface area (TPSA) is 134 Å². The highest BCUT2D eigenvalue weighted by Gasteiger charge is 2.28. The molecule has 3 fully saturated rings. The number of pyridine rings is 1. The van der Waals surface area contributed by atoms with E-state index in [2.05, 4.69) is 67.0 Å². The fraction of sp³-hybridized carbons (Fsp3) is 0.486. The first kappa shape index (κ1) is 32.0. The lowest BCUT2D eigenvalue weighted by molar-refractivity contribution is -0.134. The van der Waals surface area contributed by atoms with Crippen LogP contribution in [0.1, 0.15) is 62.6 Å². The van der Waals surface area contributed by atoms with Crippen LogP contribution in [-0.4, -0.2) is 93.9 Å². The Balaban J connectivity index is 0.997. The van der Waals surface area contributed by atoms with Crippen LogP contribution in [0.2, 0.25) is 0 Å². The van der Waals surface area contributed by atoms with Gasteiger partial charge in [0.2, 0.25) is 17.8 Å². The first-order valence-corrected chi connectivity index (χ1v) is 17.0. The number of hydrogen-bond acceptors (Lipinski definition) is 11. The molecule has 3 aliphatic rings. The zero-order chi connectivity index (χ0) is 33.2. The van der Waals surface area contributed by atoms with Crippen molar-refractivity contribution in [1.82, 2.24) is 34.9 Å². The molecule has 0 bridgehead atoms. The van der Waals surface area contributed by atoms with Crippen LogP contribution in [0.4, 0.5) is 23.4 Å². The lowest BCUT2D eigenvalue weighted by Gasteiger charge is -2.35. The van der Waals surface area contributed by atoms with E-state index in [1.165, 1.54) is 5.56 Å². The molecule has 3 saturated heterocycles. The summed E-state index contributed by atoms with van der Waals surface area (Å²) in [7, 11) is 1.77. The van der Waals surface area contributed by atoms with Crippen molar-refractivity contribution in [3.05, 3.63) is 59.9 Å². The van der Waals surface area contributed by atoms with Crippen molar-refractivity contribution < 1.29 is 14.3 Å². The number of amides is 2. The largest absolute Gasteiger partial charge is 0.381 e. The van der Waals surface area contributed by atoms with Crippen molar-refractivity contribution in [2.45, 2.75) is 64.1 Å². The highest BCUT2D eigenvalue weighted by molar-refractivity contribution is 6.01. The van der Waals surface area contributed by atoms with E-state index < -0.39 is 0 Å². The third kappa shape index (κ3) is 6.83. The van der Waals surface area contributed by atoms with Crippen molar-refractivity contribution in [1.29, 1.82) is 0 Å². The zero-order valence-corrected chi connectivity index (χ0v) is 27.9. The minimum absolute atomic E-state index is 0.182. The quantitative estimate of drug-likeness (QED) is 0.254. The van der Waals surface area contributed by atoms with E-state index in [4.69, 9.17) is 19.8 Å². The van der Waals surface area contributed by atoms with Crippen LogP contribution in [0.15, 0.2) is 48.8 Å². The van der Waals surface area contributed by atoms with Crippen LogP contribution >= 0.6 is 0 Å². The van der Waals surface area contributed by atoms with Gasteiger partial charge in [-0.1, -0.05) is 24.3 Å². The number of ether oxygens (including phenoxy) is 1. The molecule has 2 amide bonds. The van der Waals surface area contributed by atoms with Gasteiger partial charge in [-0.15, -0.1) is 0 Å². The molecule has 252 valence electrons. The molecule has 1 unspecified atom stereocenters. The fourth-order valence-electron chi connectivity index (χ4n) is 6.95. The van der Waals surface area contributed by atoms with E-state index in [0.717, 1.165) is 80.9 Å². The first-order chi connectivity index (χ1) is 23.3. The van der Waals surface area contributed by atoms with E-state index >= 15 is 0 Å². The van der Waals surface area contributed by atoms with Crippen molar-refractivity contribution in [3.63, 3.8) is 0 Å². The highest BCUT2D eigenvalue weighted by Crippen LogP contribution is 2.31. The smallest absolute Gasteiger partial charge is 0.234 e. The van der Waals surface area contributed by atoms with Gasteiger partial charge in [0.15, 0.2) is 5.82 Å². The number of anilines is 4. The molecule has 48 heavy (non-hydrogen) atoms. The maximum absolute atomic E-state index is 12.3. The van der Waals surface area contributed by atoms with Gasteiger partial charge in [0.25, 0.3) is 0 Å². The van der Waals surface area contributed by atoms with Gasteiger partial charge in [-0.3, -0.25) is 24.5 Å². The van der Waals surface area contributed by atoms with E-state index in [1.54, 1.807) is 13.3 Å². The number of piperazine rings is 1. The molecule has 0 radical (unpaired) electrons. The predicted octanol–water partition coefficient (Wildman–Crippen LogP) is 4.00. The van der Waals surface area contributed by atoms with Crippen molar-refractivity contribution in [2.24, 2.45) is 0 Å². The van der Waals surface area contributed by atoms with E-state index in [0.29, 0.717) is 36.5 Å². The van der Waals surface area contributed by atoms with Gasteiger partial charge in [-0.25, -0.2) is 9.97 Å². The molecule has 0 aliphatic carbocycles. The minimum atomic E-state index is -0.253. The number of fused-ring (bicyclic) bond motifs is 1. The van der Waals surface area contributed by atoms with Crippen molar-refractivity contribution in [2.75, 3.05) is 61.5 Å². The standard InChI is InChI=1S/C35H44N10O3/c1-23(2)45-29-20-31(38-30-10-13-36-35(39-30)44-14-11-26(48-3)12-15-44)37-21-28(29)33(41-45)43-18-16-42(17-19-43)22-24-4-6-25(7-5-24)27-8-9-32(46)40-34(27)47/h4-7,10,13,20-21,23,26-27H,8-9,11-12,14-19,22H2,1-3H3,(H,40,46,47)(H,36,37,38,39). The van der Waals surface area contributed by atoms with Crippen molar-refractivity contribution >= 4 is 46.1 Å². The molecule has 1 atom stereocenters. The average Bonchev–Trinajstić information content (AvgIpc) is 3.49. The highest BCUT2D eigenvalue weighted by atomic mass is 16.5. The SMILES string of the molecule is COC1CCN(c2nccc(Nc3cc4c(cn3)c(N3CCN(Cc5ccc(C6CCC(=O)NC6=O)cc5)CC3)nn4C(C)C)n2)CC1. The summed E-state index contributed by atoms with van der Waals surface area (Å²) < 4.78 is 7.60. The summed E-state index contributed by atoms with van der Waals surface area (Å²) in [5.41, 5.74) is 3.21.